The Morgan fingerprint density at radius 2 is 2.05 bits per heavy atom. The first kappa shape index (κ1) is 16.3. The molecule has 0 aliphatic heterocycles. The monoisotopic (exact) mass is 322 g/mol. The molecule has 7 heteroatoms. The molecular weight excluding hydrogens is 304 g/mol. The van der Waals surface area contributed by atoms with Crippen molar-refractivity contribution >= 4 is 17.5 Å². The largest absolute Gasteiger partial charge is 0.354 e. The van der Waals surface area contributed by atoms with Gasteiger partial charge < -0.3 is 5.32 Å². The molecule has 0 bridgehead atoms. The second kappa shape index (κ2) is 7.26. The maximum Gasteiger partial charge on any atom is 0.345 e. The van der Waals surface area contributed by atoms with E-state index in [2.05, 4.69) is 17.3 Å². The van der Waals surface area contributed by atoms with Crippen molar-refractivity contribution < 1.29 is 4.79 Å². The summed E-state index contributed by atoms with van der Waals surface area (Å²) in [6, 6.07) is 7.61. The molecule has 0 radical (unpaired) electrons. The lowest BCUT2D eigenvalue weighted by molar-refractivity contribution is -0.122. The van der Waals surface area contributed by atoms with Crippen molar-refractivity contribution in [2.24, 2.45) is 7.05 Å². The first-order valence-corrected chi connectivity index (χ1v) is 7.49. The summed E-state index contributed by atoms with van der Waals surface area (Å²) in [5, 5.41) is 7.40. The van der Waals surface area contributed by atoms with Gasteiger partial charge in [0.05, 0.1) is 0 Å². The van der Waals surface area contributed by atoms with Crippen molar-refractivity contribution in [3.63, 3.8) is 0 Å². The quantitative estimate of drug-likeness (QED) is 0.877. The van der Waals surface area contributed by atoms with E-state index in [1.807, 2.05) is 24.3 Å². The Bertz CT molecular complexity index is 690. The van der Waals surface area contributed by atoms with Crippen LogP contribution in [0.3, 0.4) is 0 Å². The van der Waals surface area contributed by atoms with Gasteiger partial charge in [0.2, 0.25) is 5.91 Å². The molecule has 1 heterocycles. The van der Waals surface area contributed by atoms with Gasteiger partial charge in [0.1, 0.15) is 12.9 Å². The van der Waals surface area contributed by atoms with Crippen molar-refractivity contribution in [1.82, 2.24) is 19.7 Å². The van der Waals surface area contributed by atoms with Crippen LogP contribution in [-0.2, 0) is 18.4 Å². The molecule has 6 nitrogen and oxygen atoms in total. The molecule has 2 aromatic rings. The van der Waals surface area contributed by atoms with Gasteiger partial charge in [-0.3, -0.25) is 9.36 Å². The maximum absolute atomic E-state index is 11.9. The highest BCUT2D eigenvalue weighted by molar-refractivity contribution is 6.30. The second-order valence-corrected chi connectivity index (χ2v) is 5.58. The first-order valence-electron chi connectivity index (χ1n) is 7.12. The smallest absolute Gasteiger partial charge is 0.345 e. The Morgan fingerprint density at radius 1 is 1.36 bits per heavy atom. The Hall–Kier alpha value is -2.08. The number of nitrogens with one attached hydrogen (secondary N) is 1. The predicted molar refractivity (Wildman–Crippen MR) is 85.0 cm³/mol. The molecule has 22 heavy (non-hydrogen) atoms. The fourth-order valence-corrected chi connectivity index (χ4v) is 2.32. The van der Waals surface area contributed by atoms with E-state index >= 15 is 0 Å². The van der Waals surface area contributed by atoms with Crippen molar-refractivity contribution in [1.29, 1.82) is 0 Å². The normalized spacial score (nSPS) is 12.1. The van der Waals surface area contributed by atoms with Gasteiger partial charge in [-0.25, -0.2) is 9.48 Å². The van der Waals surface area contributed by atoms with E-state index in [9.17, 15) is 9.59 Å². The zero-order valence-electron chi connectivity index (χ0n) is 12.6. The van der Waals surface area contributed by atoms with Gasteiger partial charge in [0.25, 0.3) is 0 Å². The number of nitrogens with zero attached hydrogens (tertiary/aromatic N) is 3. The maximum atomic E-state index is 11.9. The fourth-order valence-electron chi connectivity index (χ4n) is 2.19. The number of rotatable bonds is 6. The average molecular weight is 323 g/mol. The van der Waals surface area contributed by atoms with Gasteiger partial charge in [-0.05, 0) is 24.1 Å². The second-order valence-electron chi connectivity index (χ2n) is 5.14. The Balaban J connectivity index is 1.92. The number of carbonyl (C=O) groups excluding carboxylic acids is 1. The molecule has 1 atom stereocenters. The predicted octanol–water partition coefficient (Wildman–Crippen LogP) is 1.55. The summed E-state index contributed by atoms with van der Waals surface area (Å²) < 4.78 is 2.47. The van der Waals surface area contributed by atoms with Crippen LogP contribution in [0.2, 0.25) is 5.02 Å². The van der Waals surface area contributed by atoms with Crippen LogP contribution in [0.4, 0.5) is 0 Å². The molecule has 118 valence electrons. The van der Waals surface area contributed by atoms with Crippen LogP contribution in [0, 0.1) is 0 Å². The van der Waals surface area contributed by atoms with E-state index in [0.717, 1.165) is 16.7 Å². The lowest BCUT2D eigenvalue weighted by Crippen LogP contribution is -2.35. The molecular formula is C15H19ClN4O2. The highest BCUT2D eigenvalue weighted by Gasteiger charge is 2.12. The summed E-state index contributed by atoms with van der Waals surface area (Å²) in [6.45, 7) is 2.50. The molecule has 0 saturated heterocycles. The molecule has 2 rings (SSSR count). The van der Waals surface area contributed by atoms with E-state index in [1.165, 1.54) is 10.9 Å². The molecule has 0 unspecified atom stereocenters. The van der Waals surface area contributed by atoms with Crippen LogP contribution in [0.15, 0.2) is 35.4 Å². The topological polar surface area (TPSA) is 68.9 Å². The van der Waals surface area contributed by atoms with E-state index in [1.54, 1.807) is 7.05 Å². The number of benzene rings is 1. The number of halogens is 1. The molecule has 0 fully saturated rings. The Kier molecular flexibility index (Phi) is 5.38. The van der Waals surface area contributed by atoms with Gasteiger partial charge in [0, 0.05) is 24.5 Å². The van der Waals surface area contributed by atoms with E-state index in [4.69, 9.17) is 11.6 Å². The van der Waals surface area contributed by atoms with Crippen LogP contribution in [0.5, 0.6) is 0 Å². The SMILES string of the molecule is CC[C@H](CNC(=O)Cn1ncn(C)c1=O)c1ccc(Cl)cc1. The summed E-state index contributed by atoms with van der Waals surface area (Å²) in [5.74, 6) is -0.0186. The molecule has 1 amide bonds. The van der Waals surface area contributed by atoms with Gasteiger partial charge in [-0.1, -0.05) is 30.7 Å². The first-order chi connectivity index (χ1) is 10.5. The van der Waals surface area contributed by atoms with Crippen LogP contribution in [0.25, 0.3) is 0 Å². The standard InChI is InChI=1S/C15H19ClN4O2/c1-3-11(12-4-6-13(16)7-5-12)8-17-14(21)9-20-15(22)19(2)10-18-20/h4-7,10-11H,3,8-9H2,1-2H3,(H,17,21)/t11-/m1/s1. The number of carbonyl (C=O) groups is 1. The summed E-state index contributed by atoms with van der Waals surface area (Å²) in [7, 11) is 1.59. The summed E-state index contributed by atoms with van der Waals surface area (Å²) in [5.41, 5.74) is 0.821. The Morgan fingerprint density at radius 3 is 2.59 bits per heavy atom. The summed E-state index contributed by atoms with van der Waals surface area (Å²) in [6.07, 6.45) is 2.28. The van der Waals surface area contributed by atoms with Crippen LogP contribution < -0.4 is 11.0 Å². The highest BCUT2D eigenvalue weighted by atomic mass is 35.5. The van der Waals surface area contributed by atoms with Crippen molar-refractivity contribution in [2.45, 2.75) is 25.8 Å². The number of aromatic nitrogens is 3. The van der Waals surface area contributed by atoms with E-state index in [-0.39, 0.29) is 24.1 Å². The van der Waals surface area contributed by atoms with Crippen LogP contribution >= 0.6 is 11.6 Å². The number of hydrogen-bond acceptors (Lipinski definition) is 3. The van der Waals surface area contributed by atoms with Crippen molar-refractivity contribution in [2.75, 3.05) is 6.54 Å². The highest BCUT2D eigenvalue weighted by Crippen LogP contribution is 2.20. The third-order valence-electron chi connectivity index (χ3n) is 3.56. The molecule has 1 aromatic carbocycles. The Labute approximate surface area is 133 Å². The number of hydrogen-bond donors (Lipinski definition) is 1. The van der Waals surface area contributed by atoms with E-state index in [0.29, 0.717) is 11.6 Å². The summed E-state index contributed by atoms with van der Waals surface area (Å²) >= 11 is 5.88. The minimum atomic E-state index is -0.306. The molecule has 0 saturated carbocycles. The zero-order chi connectivity index (χ0) is 16.1. The molecule has 0 aliphatic carbocycles. The minimum Gasteiger partial charge on any atom is -0.354 e. The van der Waals surface area contributed by atoms with Gasteiger partial charge >= 0.3 is 5.69 Å². The molecule has 0 spiro atoms. The molecule has 0 aliphatic rings. The lowest BCUT2D eigenvalue weighted by atomic mass is 9.96. The van der Waals surface area contributed by atoms with Crippen molar-refractivity contribution in [3.8, 4) is 0 Å². The van der Waals surface area contributed by atoms with Crippen LogP contribution in [-0.4, -0.2) is 26.8 Å². The zero-order valence-corrected chi connectivity index (χ0v) is 13.4. The summed E-state index contributed by atoms with van der Waals surface area (Å²) in [4.78, 5) is 23.6. The average Bonchev–Trinajstić information content (AvgIpc) is 2.81. The fraction of sp³-hybridized carbons (Fsp3) is 0.400. The van der Waals surface area contributed by atoms with Crippen LogP contribution in [0.1, 0.15) is 24.8 Å². The third kappa shape index (κ3) is 3.98. The lowest BCUT2D eigenvalue weighted by Gasteiger charge is -2.16. The minimum absolute atomic E-state index is 0.0727. The molecule has 1 aromatic heterocycles. The number of aryl methyl sites for hydroxylation is 1. The van der Waals surface area contributed by atoms with Gasteiger partial charge in [-0.2, -0.15) is 5.10 Å². The van der Waals surface area contributed by atoms with Gasteiger partial charge in [-0.15, -0.1) is 0 Å². The number of amides is 1. The molecule has 1 N–H and O–H groups in total. The van der Waals surface area contributed by atoms with Crippen molar-refractivity contribution in [3.05, 3.63) is 51.7 Å². The third-order valence-corrected chi connectivity index (χ3v) is 3.81. The van der Waals surface area contributed by atoms with E-state index < -0.39 is 0 Å². The van der Waals surface area contributed by atoms with Gasteiger partial charge in [0.15, 0.2) is 0 Å².